The Labute approximate surface area is 162 Å². The molecule has 0 spiro atoms. The molecule has 0 amide bonds. The molecule has 0 saturated heterocycles. The zero-order chi connectivity index (χ0) is 16.6. The fourth-order valence-corrected chi connectivity index (χ4v) is 3.34. The van der Waals surface area contributed by atoms with E-state index >= 15 is 0 Å². The van der Waals surface area contributed by atoms with Gasteiger partial charge in [0.2, 0.25) is 0 Å². The molecule has 0 aliphatic carbocycles. The van der Waals surface area contributed by atoms with E-state index in [1.165, 1.54) is 90.0 Å². The number of nitrogens with zero attached hydrogens (tertiary/aromatic N) is 1. The minimum absolute atomic E-state index is 0. The Kier molecular flexibility index (Phi) is 17.2. The molecule has 140 valence electrons. The summed E-state index contributed by atoms with van der Waals surface area (Å²) in [5, 5.41) is 0. The largest absolute Gasteiger partial charge is 1.00 e. The van der Waals surface area contributed by atoms with Crippen molar-refractivity contribution in [2.24, 2.45) is 5.92 Å². The summed E-state index contributed by atoms with van der Waals surface area (Å²) in [6.07, 6.45) is 23.0. The van der Waals surface area contributed by atoms with Crippen LogP contribution in [0.3, 0.4) is 0 Å². The second-order valence-corrected chi connectivity index (χ2v) is 7.36. The quantitative estimate of drug-likeness (QED) is 0.313. The van der Waals surface area contributed by atoms with E-state index in [1.54, 1.807) is 0 Å². The van der Waals surface area contributed by atoms with Crippen LogP contribution >= 0.6 is 0 Å². The maximum atomic E-state index is 2.39. The minimum atomic E-state index is 0. The van der Waals surface area contributed by atoms with Crippen molar-refractivity contribution in [2.45, 2.75) is 104 Å². The third-order valence-electron chi connectivity index (χ3n) is 4.85. The highest BCUT2D eigenvalue weighted by Gasteiger charge is 2.07. The van der Waals surface area contributed by atoms with Crippen molar-refractivity contribution in [3.8, 4) is 0 Å². The van der Waals surface area contributed by atoms with Gasteiger partial charge >= 0.3 is 0 Å². The predicted molar refractivity (Wildman–Crippen MR) is 101 cm³/mol. The lowest BCUT2D eigenvalue weighted by molar-refractivity contribution is -0.703. The van der Waals surface area contributed by atoms with Crippen LogP contribution in [0.25, 0.3) is 0 Å². The molecule has 0 aliphatic heterocycles. The summed E-state index contributed by atoms with van der Waals surface area (Å²) in [6.45, 7) is 5.85. The fraction of sp³-hybridized carbons (Fsp3) is 0.773. The number of halogens is 1. The van der Waals surface area contributed by atoms with Gasteiger partial charge in [-0.15, -0.1) is 0 Å². The Hall–Kier alpha value is -0.370. The van der Waals surface area contributed by atoms with Crippen LogP contribution < -0.4 is 21.5 Å². The van der Waals surface area contributed by atoms with Crippen molar-refractivity contribution in [2.75, 3.05) is 0 Å². The molecule has 1 aromatic heterocycles. The first kappa shape index (κ1) is 23.6. The third kappa shape index (κ3) is 14.0. The zero-order valence-electron chi connectivity index (χ0n) is 16.2. The molecule has 1 nitrogen and oxygen atoms in total. The van der Waals surface area contributed by atoms with Gasteiger partial charge in [0.25, 0.3) is 0 Å². The molecule has 0 saturated carbocycles. The topological polar surface area (TPSA) is 3.88 Å². The van der Waals surface area contributed by atoms with Gasteiger partial charge in [0.1, 0.15) is 0 Å². The average Bonchev–Trinajstić information content (AvgIpc) is 2.57. The molecule has 1 atom stereocenters. The van der Waals surface area contributed by atoms with Gasteiger partial charge in [-0.2, -0.15) is 0 Å². The number of unbranched alkanes of at least 4 members (excludes halogenated alkanes) is 11. The second-order valence-electron chi connectivity index (χ2n) is 7.36. The Bertz CT molecular complexity index is 352. The van der Waals surface area contributed by atoms with E-state index in [9.17, 15) is 0 Å². The number of hydrogen-bond acceptors (Lipinski definition) is 0. The lowest BCUT2D eigenvalue weighted by Crippen LogP contribution is -3.00. The van der Waals surface area contributed by atoms with Crippen LogP contribution in [0.15, 0.2) is 30.6 Å². The van der Waals surface area contributed by atoms with Crippen molar-refractivity contribution < 1.29 is 21.5 Å². The Morgan fingerprint density at radius 3 is 1.62 bits per heavy atom. The van der Waals surface area contributed by atoms with E-state index in [0.29, 0.717) is 0 Å². The van der Waals surface area contributed by atoms with Gasteiger partial charge in [0.15, 0.2) is 18.9 Å². The Balaban J connectivity index is 0.00000529. The average molecular weight is 398 g/mol. The molecule has 0 fully saturated rings. The van der Waals surface area contributed by atoms with E-state index in [0.717, 1.165) is 5.92 Å². The van der Waals surface area contributed by atoms with Crippen molar-refractivity contribution in [1.29, 1.82) is 0 Å². The van der Waals surface area contributed by atoms with Crippen molar-refractivity contribution in [3.05, 3.63) is 30.6 Å². The van der Waals surface area contributed by atoms with Gasteiger partial charge in [-0.3, -0.25) is 0 Å². The van der Waals surface area contributed by atoms with Crippen molar-refractivity contribution in [3.63, 3.8) is 0 Å². The second kappa shape index (κ2) is 17.5. The maximum Gasteiger partial charge on any atom is 0.168 e. The summed E-state index contributed by atoms with van der Waals surface area (Å²) < 4.78 is 2.31. The van der Waals surface area contributed by atoms with Crippen LogP contribution in [0, 0.1) is 5.92 Å². The summed E-state index contributed by atoms with van der Waals surface area (Å²) in [4.78, 5) is 0. The molecule has 1 aromatic rings. The summed E-state index contributed by atoms with van der Waals surface area (Å²) in [5.74, 6) is 0.797. The molecule has 0 aliphatic rings. The molecular weight excluding hydrogens is 358 g/mol. The zero-order valence-corrected chi connectivity index (χ0v) is 17.8. The predicted octanol–water partition coefficient (Wildman–Crippen LogP) is 3.71. The Morgan fingerprint density at radius 1 is 0.667 bits per heavy atom. The van der Waals surface area contributed by atoms with Gasteiger partial charge in [-0.25, -0.2) is 4.57 Å². The molecule has 1 heterocycles. The molecule has 24 heavy (non-hydrogen) atoms. The van der Waals surface area contributed by atoms with E-state index in [2.05, 4.69) is 49.0 Å². The van der Waals surface area contributed by atoms with E-state index in [-0.39, 0.29) is 17.0 Å². The summed E-state index contributed by atoms with van der Waals surface area (Å²) in [7, 11) is 0. The van der Waals surface area contributed by atoms with Crippen molar-refractivity contribution >= 4 is 0 Å². The first-order valence-electron chi connectivity index (χ1n) is 10.3. The number of rotatable bonds is 15. The van der Waals surface area contributed by atoms with Crippen LogP contribution in [0.5, 0.6) is 0 Å². The van der Waals surface area contributed by atoms with Crippen molar-refractivity contribution in [1.82, 2.24) is 0 Å². The molecule has 0 radical (unpaired) electrons. The molecule has 1 unspecified atom stereocenters. The highest BCUT2D eigenvalue weighted by molar-refractivity contribution is 4.83. The minimum Gasteiger partial charge on any atom is -1.00 e. The molecular formula is C22H40BrN. The summed E-state index contributed by atoms with van der Waals surface area (Å²) >= 11 is 0. The van der Waals surface area contributed by atoms with Crippen LogP contribution in [-0.2, 0) is 6.54 Å². The van der Waals surface area contributed by atoms with E-state index in [1.807, 2.05) is 0 Å². The molecule has 1 rings (SSSR count). The van der Waals surface area contributed by atoms with Crippen LogP contribution in [0.1, 0.15) is 97.3 Å². The number of hydrogen-bond donors (Lipinski definition) is 0. The molecule has 0 bridgehead atoms. The van der Waals surface area contributed by atoms with Crippen LogP contribution in [0.2, 0.25) is 0 Å². The van der Waals surface area contributed by atoms with Gasteiger partial charge in [0.05, 0.1) is 0 Å². The number of pyridine rings is 1. The first-order chi connectivity index (χ1) is 11.3. The SMILES string of the molecule is CCCCCCCCCCCCCCC(C)C[n+]1ccccc1.[Br-]. The number of aromatic nitrogens is 1. The lowest BCUT2D eigenvalue weighted by Gasteiger charge is -2.08. The van der Waals surface area contributed by atoms with Crippen LogP contribution in [0.4, 0.5) is 0 Å². The fourth-order valence-electron chi connectivity index (χ4n) is 3.34. The summed E-state index contributed by atoms with van der Waals surface area (Å²) in [6, 6.07) is 6.33. The molecule has 2 heteroatoms. The molecule has 0 aromatic carbocycles. The summed E-state index contributed by atoms with van der Waals surface area (Å²) in [5.41, 5.74) is 0. The van der Waals surface area contributed by atoms with Crippen LogP contribution in [-0.4, -0.2) is 0 Å². The standard InChI is InChI=1S/C22H40N.BrH/c1-3-4-5-6-7-8-9-10-11-12-13-15-18-22(2)21-23-19-16-14-17-20-23;/h14,16-17,19-20,22H,3-13,15,18,21H2,1-2H3;1H/q+1;/p-1. The van der Waals surface area contributed by atoms with Gasteiger partial charge in [0, 0.05) is 18.1 Å². The Morgan fingerprint density at radius 2 is 1.12 bits per heavy atom. The highest BCUT2D eigenvalue weighted by atomic mass is 79.9. The highest BCUT2D eigenvalue weighted by Crippen LogP contribution is 2.14. The normalized spacial score (nSPS) is 11.9. The smallest absolute Gasteiger partial charge is 0.168 e. The van der Waals surface area contributed by atoms with Gasteiger partial charge in [-0.05, 0) is 6.42 Å². The first-order valence-corrected chi connectivity index (χ1v) is 10.3. The maximum absolute atomic E-state index is 2.39. The van der Waals surface area contributed by atoms with Gasteiger partial charge in [-0.1, -0.05) is 97.0 Å². The van der Waals surface area contributed by atoms with Gasteiger partial charge < -0.3 is 17.0 Å². The van der Waals surface area contributed by atoms with E-state index < -0.39 is 0 Å². The molecule has 0 N–H and O–H groups in total. The van der Waals surface area contributed by atoms with E-state index in [4.69, 9.17) is 0 Å². The monoisotopic (exact) mass is 397 g/mol. The third-order valence-corrected chi connectivity index (χ3v) is 4.85. The lowest BCUT2D eigenvalue weighted by atomic mass is 10.0.